The first-order valence-corrected chi connectivity index (χ1v) is 17.7. The van der Waals surface area contributed by atoms with Gasteiger partial charge in [-0.2, -0.15) is 0 Å². The number of ketones is 4. The van der Waals surface area contributed by atoms with Crippen LogP contribution in [0.2, 0.25) is 0 Å². The predicted molar refractivity (Wildman–Crippen MR) is 190 cm³/mol. The summed E-state index contributed by atoms with van der Waals surface area (Å²) in [6, 6.07) is 27.5. The number of Topliss-reactive ketones (excluding diaryl/α,β-unsaturated/α-hetero) is 4. The smallest absolute Gasteiger partial charge is 0.170 e. The standard InChI is InChI=1S/C26H42O2.C16H14O2/c1-2-3-4-5-6-7-8-9-10-11-12-13-14-15-19-22-25(27)23-26(28)24-20-17-16-18-21-24;17-15(11-13-7-3-1-4-8-13)12-16(18)14-9-5-2-6-10-14/h16-18,20-21H,2-15,19,22-23H2,1H3;1-10H,11-12H2. The number of rotatable bonds is 24. The highest BCUT2D eigenvalue weighted by atomic mass is 16.2. The molecule has 0 aliphatic rings. The minimum atomic E-state index is -0.114. The van der Waals surface area contributed by atoms with Crippen molar-refractivity contribution in [1.82, 2.24) is 0 Å². The Kier molecular flexibility index (Phi) is 21.4. The summed E-state index contributed by atoms with van der Waals surface area (Å²) in [6.45, 7) is 2.27. The van der Waals surface area contributed by atoms with E-state index in [0.717, 1.165) is 18.4 Å². The molecular formula is C42H56O4. The Hall–Kier alpha value is -3.66. The van der Waals surface area contributed by atoms with E-state index < -0.39 is 0 Å². The van der Waals surface area contributed by atoms with Gasteiger partial charge in [0.25, 0.3) is 0 Å². The normalized spacial score (nSPS) is 10.5. The maximum atomic E-state index is 12.0. The van der Waals surface area contributed by atoms with Crippen molar-refractivity contribution in [3.05, 3.63) is 108 Å². The lowest BCUT2D eigenvalue weighted by Crippen LogP contribution is -2.10. The van der Waals surface area contributed by atoms with E-state index in [4.69, 9.17) is 0 Å². The largest absolute Gasteiger partial charge is 0.299 e. The van der Waals surface area contributed by atoms with Gasteiger partial charge in [0.1, 0.15) is 11.6 Å². The summed E-state index contributed by atoms with van der Waals surface area (Å²) < 4.78 is 0. The van der Waals surface area contributed by atoms with Crippen LogP contribution in [0.15, 0.2) is 91.0 Å². The summed E-state index contributed by atoms with van der Waals surface area (Å²) in [5.41, 5.74) is 2.19. The van der Waals surface area contributed by atoms with Crippen molar-refractivity contribution >= 4 is 23.1 Å². The van der Waals surface area contributed by atoms with Crippen LogP contribution in [-0.2, 0) is 16.0 Å². The predicted octanol–water partition coefficient (Wildman–Crippen LogP) is 11.2. The van der Waals surface area contributed by atoms with E-state index in [1.165, 1.54) is 83.5 Å². The molecule has 0 atom stereocenters. The third kappa shape index (κ3) is 19.0. The monoisotopic (exact) mass is 624 g/mol. The van der Waals surface area contributed by atoms with Crippen molar-refractivity contribution in [2.75, 3.05) is 0 Å². The zero-order valence-corrected chi connectivity index (χ0v) is 28.2. The van der Waals surface area contributed by atoms with Gasteiger partial charge in [-0.25, -0.2) is 0 Å². The second-order valence-corrected chi connectivity index (χ2v) is 12.4. The average molecular weight is 625 g/mol. The van der Waals surface area contributed by atoms with E-state index in [1.54, 1.807) is 36.4 Å². The van der Waals surface area contributed by atoms with Crippen LogP contribution in [-0.4, -0.2) is 23.1 Å². The quantitative estimate of drug-likeness (QED) is 0.0565. The molecule has 4 heteroatoms. The van der Waals surface area contributed by atoms with Crippen LogP contribution in [0.4, 0.5) is 0 Å². The SMILES string of the molecule is CCCCCCCCCCCCCCCCCC(=O)CC(=O)c1ccccc1.O=C(CC(=O)c1ccccc1)Cc1ccccc1. The zero-order chi connectivity index (χ0) is 33.1. The third-order valence-electron chi connectivity index (χ3n) is 8.21. The first-order valence-electron chi connectivity index (χ1n) is 17.7. The molecule has 4 nitrogen and oxygen atoms in total. The van der Waals surface area contributed by atoms with Gasteiger partial charge in [-0.3, -0.25) is 19.2 Å². The molecule has 0 amide bonds. The number of hydrogen-bond donors (Lipinski definition) is 0. The van der Waals surface area contributed by atoms with Gasteiger partial charge in [-0.15, -0.1) is 0 Å². The molecule has 0 aliphatic heterocycles. The summed E-state index contributed by atoms with van der Waals surface area (Å²) in [7, 11) is 0. The van der Waals surface area contributed by atoms with Gasteiger partial charge in [0.15, 0.2) is 11.6 Å². The first kappa shape index (κ1) is 38.5. The Bertz CT molecular complexity index is 1230. The molecule has 0 unspecified atom stereocenters. The lowest BCUT2D eigenvalue weighted by Gasteiger charge is -2.04. The van der Waals surface area contributed by atoms with E-state index in [1.807, 2.05) is 54.6 Å². The fraction of sp³-hybridized carbons (Fsp3) is 0.476. The van der Waals surface area contributed by atoms with E-state index in [9.17, 15) is 19.2 Å². The summed E-state index contributed by atoms with van der Waals surface area (Å²) in [5, 5.41) is 0. The van der Waals surface area contributed by atoms with Crippen LogP contribution in [0, 0.1) is 0 Å². The van der Waals surface area contributed by atoms with Gasteiger partial charge in [-0.1, -0.05) is 188 Å². The molecule has 3 aromatic carbocycles. The molecule has 3 aromatic rings. The molecular weight excluding hydrogens is 568 g/mol. The Morgan fingerprint density at radius 1 is 0.413 bits per heavy atom. The number of carbonyl (C=O) groups is 4. The lowest BCUT2D eigenvalue weighted by molar-refractivity contribution is -0.118. The number of carbonyl (C=O) groups excluding carboxylic acids is 4. The van der Waals surface area contributed by atoms with Crippen molar-refractivity contribution in [3.8, 4) is 0 Å². The van der Waals surface area contributed by atoms with E-state index in [-0.39, 0.29) is 36.0 Å². The Morgan fingerprint density at radius 2 is 0.761 bits per heavy atom. The molecule has 248 valence electrons. The van der Waals surface area contributed by atoms with Crippen LogP contribution < -0.4 is 0 Å². The molecule has 0 aliphatic carbocycles. The minimum absolute atomic E-state index is 0.0289. The minimum Gasteiger partial charge on any atom is -0.299 e. The number of benzene rings is 3. The fourth-order valence-corrected chi connectivity index (χ4v) is 5.48. The van der Waals surface area contributed by atoms with Crippen LogP contribution >= 0.6 is 0 Å². The van der Waals surface area contributed by atoms with Crippen LogP contribution in [0.1, 0.15) is 149 Å². The maximum Gasteiger partial charge on any atom is 0.170 e. The molecule has 0 heterocycles. The van der Waals surface area contributed by atoms with Gasteiger partial charge in [0.2, 0.25) is 0 Å². The molecule has 0 radical (unpaired) electrons. The molecule has 0 aromatic heterocycles. The second-order valence-electron chi connectivity index (χ2n) is 12.4. The average Bonchev–Trinajstić information content (AvgIpc) is 3.08. The first-order chi connectivity index (χ1) is 22.5. The Morgan fingerprint density at radius 3 is 1.17 bits per heavy atom. The van der Waals surface area contributed by atoms with Crippen molar-refractivity contribution < 1.29 is 19.2 Å². The van der Waals surface area contributed by atoms with Crippen LogP contribution in [0.3, 0.4) is 0 Å². The lowest BCUT2D eigenvalue weighted by atomic mass is 10.0. The second kappa shape index (κ2) is 25.5. The molecule has 3 rings (SSSR count). The maximum absolute atomic E-state index is 12.0. The Labute approximate surface area is 278 Å². The summed E-state index contributed by atoms with van der Waals surface area (Å²) >= 11 is 0. The molecule has 0 N–H and O–H groups in total. The number of hydrogen-bond acceptors (Lipinski definition) is 4. The molecule has 0 fully saturated rings. The van der Waals surface area contributed by atoms with E-state index in [0.29, 0.717) is 24.0 Å². The topological polar surface area (TPSA) is 68.3 Å². The van der Waals surface area contributed by atoms with Crippen LogP contribution in [0.5, 0.6) is 0 Å². The summed E-state index contributed by atoms with van der Waals surface area (Å²) in [5.74, 6) is -0.123. The molecule has 0 spiro atoms. The van der Waals surface area contributed by atoms with Gasteiger partial charge < -0.3 is 0 Å². The zero-order valence-electron chi connectivity index (χ0n) is 28.2. The Balaban J connectivity index is 0.000000350. The van der Waals surface area contributed by atoms with Gasteiger partial charge in [0, 0.05) is 24.0 Å². The van der Waals surface area contributed by atoms with Crippen molar-refractivity contribution in [2.45, 2.75) is 129 Å². The van der Waals surface area contributed by atoms with Gasteiger partial charge >= 0.3 is 0 Å². The molecule has 0 bridgehead atoms. The van der Waals surface area contributed by atoms with Gasteiger partial charge in [0.05, 0.1) is 12.8 Å². The third-order valence-corrected chi connectivity index (χ3v) is 8.21. The summed E-state index contributed by atoms with van der Waals surface area (Å²) in [4.78, 5) is 47.5. The molecule has 46 heavy (non-hydrogen) atoms. The van der Waals surface area contributed by atoms with Crippen molar-refractivity contribution in [1.29, 1.82) is 0 Å². The molecule has 0 saturated heterocycles. The van der Waals surface area contributed by atoms with E-state index in [2.05, 4.69) is 6.92 Å². The highest BCUT2D eigenvalue weighted by molar-refractivity contribution is 6.08. The van der Waals surface area contributed by atoms with E-state index >= 15 is 0 Å². The highest BCUT2D eigenvalue weighted by Gasteiger charge is 2.12. The van der Waals surface area contributed by atoms with Crippen molar-refractivity contribution in [3.63, 3.8) is 0 Å². The molecule has 0 saturated carbocycles. The van der Waals surface area contributed by atoms with Gasteiger partial charge in [-0.05, 0) is 12.0 Å². The highest BCUT2D eigenvalue weighted by Crippen LogP contribution is 2.14. The summed E-state index contributed by atoms with van der Waals surface area (Å²) in [6.07, 6.45) is 20.8. The van der Waals surface area contributed by atoms with Crippen LogP contribution in [0.25, 0.3) is 0 Å². The number of unbranched alkanes of at least 4 members (excludes halogenated alkanes) is 14. The van der Waals surface area contributed by atoms with Crippen molar-refractivity contribution in [2.24, 2.45) is 0 Å². The fourth-order valence-electron chi connectivity index (χ4n) is 5.48.